The van der Waals surface area contributed by atoms with Crippen molar-refractivity contribution in [1.82, 2.24) is 5.32 Å². The smallest absolute Gasteiger partial charge is 0.287 e. The van der Waals surface area contributed by atoms with Crippen molar-refractivity contribution in [2.45, 2.75) is 17.1 Å². The molecule has 1 unspecified atom stereocenters. The summed E-state index contributed by atoms with van der Waals surface area (Å²) in [6.45, 7) is 0.521. The van der Waals surface area contributed by atoms with E-state index in [0.29, 0.717) is 22.2 Å². The molecule has 2 aromatic carbocycles. The molecule has 0 saturated heterocycles. The molecule has 0 saturated carbocycles. The van der Waals surface area contributed by atoms with E-state index in [-0.39, 0.29) is 17.4 Å². The van der Waals surface area contributed by atoms with Gasteiger partial charge in [0.15, 0.2) is 5.76 Å². The fourth-order valence-electron chi connectivity index (χ4n) is 2.45. The molecular formula is C20H18ClNO3S. The van der Waals surface area contributed by atoms with E-state index in [1.54, 1.807) is 36.4 Å². The predicted octanol–water partition coefficient (Wildman–Crippen LogP) is 4.21. The van der Waals surface area contributed by atoms with Crippen LogP contribution >= 0.6 is 11.6 Å². The molecule has 3 aromatic rings. The molecule has 0 aliphatic carbocycles. The fourth-order valence-corrected chi connectivity index (χ4v) is 3.77. The highest BCUT2D eigenvalue weighted by molar-refractivity contribution is 7.84. The van der Waals surface area contributed by atoms with Crippen LogP contribution < -0.4 is 5.32 Å². The number of benzene rings is 2. The van der Waals surface area contributed by atoms with E-state index in [1.165, 1.54) is 0 Å². The van der Waals surface area contributed by atoms with Gasteiger partial charge in [0.1, 0.15) is 5.76 Å². The van der Waals surface area contributed by atoms with E-state index in [2.05, 4.69) is 5.32 Å². The van der Waals surface area contributed by atoms with Crippen molar-refractivity contribution in [2.75, 3.05) is 6.54 Å². The van der Waals surface area contributed by atoms with Crippen molar-refractivity contribution >= 4 is 28.3 Å². The Hall–Kier alpha value is -2.37. The Morgan fingerprint density at radius 1 is 1.04 bits per heavy atom. The normalized spacial score (nSPS) is 11.9. The number of carbonyl (C=O) groups is 1. The van der Waals surface area contributed by atoms with E-state index in [0.717, 1.165) is 12.0 Å². The molecule has 0 radical (unpaired) electrons. The Balaban J connectivity index is 1.53. The zero-order chi connectivity index (χ0) is 18.4. The highest BCUT2D eigenvalue weighted by atomic mass is 35.5. The van der Waals surface area contributed by atoms with Crippen molar-refractivity contribution in [3.63, 3.8) is 0 Å². The van der Waals surface area contributed by atoms with Crippen LogP contribution in [-0.2, 0) is 23.0 Å². The fraction of sp³-hybridized carbons (Fsp3) is 0.150. The highest BCUT2D eigenvalue weighted by Gasteiger charge is 2.13. The molecular weight excluding hydrogens is 370 g/mol. The summed E-state index contributed by atoms with van der Waals surface area (Å²) in [5, 5.41) is 3.36. The van der Waals surface area contributed by atoms with E-state index in [9.17, 15) is 9.00 Å². The van der Waals surface area contributed by atoms with Gasteiger partial charge in [-0.25, -0.2) is 0 Å². The highest BCUT2D eigenvalue weighted by Crippen LogP contribution is 2.18. The monoisotopic (exact) mass is 387 g/mol. The molecule has 1 aromatic heterocycles. The molecule has 4 nitrogen and oxygen atoms in total. The minimum absolute atomic E-state index is 0.192. The van der Waals surface area contributed by atoms with Crippen molar-refractivity contribution < 1.29 is 13.4 Å². The lowest BCUT2D eigenvalue weighted by Crippen LogP contribution is -2.25. The van der Waals surface area contributed by atoms with Gasteiger partial charge in [0.2, 0.25) is 0 Å². The molecule has 1 atom stereocenters. The van der Waals surface area contributed by atoms with Crippen LogP contribution in [0, 0.1) is 0 Å². The van der Waals surface area contributed by atoms with Crippen LogP contribution in [0.3, 0.4) is 0 Å². The maximum absolute atomic E-state index is 12.4. The molecule has 0 aliphatic rings. The second kappa shape index (κ2) is 8.83. The summed E-state index contributed by atoms with van der Waals surface area (Å²) in [6.07, 6.45) is 0.749. The lowest BCUT2D eigenvalue weighted by atomic mass is 10.1. The SMILES string of the molecule is O=C(NCCc1ccccc1)c1ccc(CS(=O)c2cccc(Cl)c2)o1. The Labute approximate surface area is 159 Å². The van der Waals surface area contributed by atoms with E-state index >= 15 is 0 Å². The van der Waals surface area contributed by atoms with E-state index in [4.69, 9.17) is 16.0 Å². The van der Waals surface area contributed by atoms with E-state index < -0.39 is 10.8 Å². The first-order valence-electron chi connectivity index (χ1n) is 8.16. The Morgan fingerprint density at radius 2 is 1.85 bits per heavy atom. The van der Waals surface area contributed by atoms with Crippen molar-refractivity contribution in [1.29, 1.82) is 0 Å². The Kier molecular flexibility index (Phi) is 6.26. The van der Waals surface area contributed by atoms with Gasteiger partial charge in [0, 0.05) is 16.5 Å². The summed E-state index contributed by atoms with van der Waals surface area (Å²) in [5.41, 5.74) is 1.16. The molecule has 1 N–H and O–H groups in total. The quantitative estimate of drug-likeness (QED) is 0.660. The summed E-state index contributed by atoms with van der Waals surface area (Å²) in [7, 11) is -1.28. The molecule has 0 fully saturated rings. The maximum atomic E-state index is 12.4. The summed E-state index contributed by atoms with van der Waals surface area (Å²) in [5.74, 6) is 0.630. The zero-order valence-corrected chi connectivity index (χ0v) is 15.6. The number of carbonyl (C=O) groups excluding carboxylic acids is 1. The summed E-state index contributed by atoms with van der Waals surface area (Å²) >= 11 is 5.92. The van der Waals surface area contributed by atoms with Gasteiger partial charge in [0.05, 0.1) is 16.6 Å². The molecule has 3 rings (SSSR count). The third-order valence-corrected chi connectivity index (χ3v) is 5.32. The molecule has 1 amide bonds. The summed E-state index contributed by atoms with van der Waals surface area (Å²) in [4.78, 5) is 12.8. The lowest BCUT2D eigenvalue weighted by Gasteiger charge is -2.04. The molecule has 1 heterocycles. The number of rotatable bonds is 7. The number of hydrogen-bond acceptors (Lipinski definition) is 3. The van der Waals surface area contributed by atoms with Crippen LogP contribution in [0.15, 0.2) is 76.0 Å². The minimum Gasteiger partial charge on any atom is -0.455 e. The molecule has 26 heavy (non-hydrogen) atoms. The third-order valence-electron chi connectivity index (χ3n) is 3.76. The average Bonchev–Trinajstić information content (AvgIpc) is 3.11. The Morgan fingerprint density at radius 3 is 2.62 bits per heavy atom. The Bertz CT molecular complexity index is 908. The van der Waals surface area contributed by atoms with Gasteiger partial charge in [-0.2, -0.15) is 0 Å². The summed E-state index contributed by atoms with van der Waals surface area (Å²) in [6, 6.07) is 20.1. The molecule has 6 heteroatoms. The van der Waals surface area contributed by atoms with Crippen LogP contribution in [0.4, 0.5) is 0 Å². The van der Waals surface area contributed by atoms with Crippen molar-refractivity contribution in [3.05, 3.63) is 88.8 Å². The average molecular weight is 388 g/mol. The van der Waals surface area contributed by atoms with Crippen LogP contribution in [-0.4, -0.2) is 16.7 Å². The van der Waals surface area contributed by atoms with Crippen LogP contribution in [0.1, 0.15) is 21.9 Å². The maximum Gasteiger partial charge on any atom is 0.287 e. The second-order valence-corrected chi connectivity index (χ2v) is 7.59. The largest absolute Gasteiger partial charge is 0.455 e. The van der Waals surface area contributed by atoms with Crippen molar-refractivity contribution in [2.24, 2.45) is 0 Å². The topological polar surface area (TPSA) is 59.3 Å². The lowest BCUT2D eigenvalue weighted by molar-refractivity contribution is 0.0925. The van der Waals surface area contributed by atoms with Gasteiger partial charge < -0.3 is 9.73 Å². The number of nitrogens with one attached hydrogen (secondary N) is 1. The van der Waals surface area contributed by atoms with E-state index in [1.807, 2.05) is 30.3 Å². The van der Waals surface area contributed by atoms with Crippen LogP contribution in [0.25, 0.3) is 0 Å². The standard InChI is InChI=1S/C20H18ClNO3S/c21-16-7-4-8-18(13-16)26(24)14-17-9-10-19(25-17)20(23)22-12-11-15-5-2-1-3-6-15/h1-10,13H,11-12,14H2,(H,22,23). The number of halogens is 1. The van der Waals surface area contributed by atoms with Crippen molar-refractivity contribution in [3.8, 4) is 0 Å². The van der Waals surface area contributed by atoms with Gasteiger partial charge in [-0.15, -0.1) is 0 Å². The summed E-state index contributed by atoms with van der Waals surface area (Å²) < 4.78 is 17.9. The predicted molar refractivity (Wildman–Crippen MR) is 103 cm³/mol. The number of hydrogen-bond donors (Lipinski definition) is 1. The van der Waals surface area contributed by atoms with Crippen LogP contribution in [0.5, 0.6) is 0 Å². The second-order valence-electron chi connectivity index (χ2n) is 5.70. The van der Waals surface area contributed by atoms with Gasteiger partial charge in [0.25, 0.3) is 5.91 Å². The van der Waals surface area contributed by atoms with Gasteiger partial charge >= 0.3 is 0 Å². The van der Waals surface area contributed by atoms with Crippen LogP contribution in [0.2, 0.25) is 5.02 Å². The number of amides is 1. The zero-order valence-electron chi connectivity index (χ0n) is 14.0. The first kappa shape index (κ1) is 18.4. The van der Waals surface area contributed by atoms with Gasteiger partial charge in [-0.3, -0.25) is 9.00 Å². The first-order valence-corrected chi connectivity index (χ1v) is 9.86. The minimum atomic E-state index is -1.28. The first-order chi connectivity index (χ1) is 12.6. The molecule has 134 valence electrons. The third kappa shape index (κ3) is 5.07. The number of furan rings is 1. The molecule has 0 spiro atoms. The van der Waals surface area contributed by atoms with Gasteiger partial charge in [-0.05, 0) is 42.3 Å². The molecule has 0 bridgehead atoms. The molecule has 0 aliphatic heterocycles. The van der Waals surface area contributed by atoms with Gasteiger partial charge in [-0.1, -0.05) is 48.0 Å².